The Morgan fingerprint density at radius 3 is 2.70 bits per heavy atom. The normalized spacial score (nSPS) is 15.4. The van der Waals surface area contributed by atoms with Crippen LogP contribution >= 0.6 is 0 Å². The number of hydrogen-bond acceptors (Lipinski definition) is 5. The number of rotatable bonds is 4. The Balaban J connectivity index is 1.60. The highest BCUT2D eigenvalue weighted by Crippen LogP contribution is 2.14. The molecule has 2 aromatic rings. The average molecular weight is 311 g/mol. The highest BCUT2D eigenvalue weighted by Gasteiger charge is 2.15. The van der Waals surface area contributed by atoms with Crippen molar-refractivity contribution in [2.24, 2.45) is 0 Å². The van der Waals surface area contributed by atoms with E-state index in [1.165, 1.54) is 0 Å². The molecule has 0 saturated carbocycles. The quantitative estimate of drug-likeness (QED) is 0.918. The zero-order chi connectivity index (χ0) is 16.1. The summed E-state index contributed by atoms with van der Waals surface area (Å²) < 4.78 is 0. The van der Waals surface area contributed by atoms with Gasteiger partial charge >= 0.3 is 0 Å². The van der Waals surface area contributed by atoms with E-state index >= 15 is 0 Å². The molecule has 1 amide bonds. The molecule has 0 spiro atoms. The maximum absolute atomic E-state index is 12.0. The number of likely N-dealkylation sites (N-methyl/N-ethyl adjacent to an activating group) is 1. The summed E-state index contributed by atoms with van der Waals surface area (Å²) in [4.78, 5) is 25.1. The van der Waals surface area contributed by atoms with Crippen molar-refractivity contribution in [2.75, 3.05) is 38.1 Å². The second-order valence-corrected chi connectivity index (χ2v) is 5.71. The van der Waals surface area contributed by atoms with E-state index in [2.05, 4.69) is 32.1 Å². The highest BCUT2D eigenvalue weighted by atomic mass is 16.1. The molecule has 2 aromatic heterocycles. The summed E-state index contributed by atoms with van der Waals surface area (Å²) in [5, 5.41) is 2.90. The van der Waals surface area contributed by atoms with Crippen LogP contribution in [0.15, 0.2) is 42.7 Å². The first-order chi connectivity index (χ1) is 11.2. The zero-order valence-corrected chi connectivity index (χ0v) is 13.3. The SMILES string of the molecule is CN1CCN(c2cc(CNC(=O)c3ccccn3)ccn2)CC1. The van der Waals surface area contributed by atoms with Gasteiger partial charge in [0.15, 0.2) is 0 Å². The molecule has 0 aliphatic carbocycles. The monoisotopic (exact) mass is 311 g/mol. The molecule has 23 heavy (non-hydrogen) atoms. The Hall–Kier alpha value is -2.47. The van der Waals surface area contributed by atoms with Crippen LogP contribution in [0.3, 0.4) is 0 Å². The van der Waals surface area contributed by atoms with E-state index in [4.69, 9.17) is 0 Å². The van der Waals surface area contributed by atoms with Crippen LogP contribution in [-0.2, 0) is 6.54 Å². The van der Waals surface area contributed by atoms with E-state index in [-0.39, 0.29) is 5.91 Å². The van der Waals surface area contributed by atoms with E-state index < -0.39 is 0 Å². The third-order valence-corrected chi connectivity index (χ3v) is 3.99. The first-order valence-electron chi connectivity index (χ1n) is 7.80. The average Bonchev–Trinajstić information content (AvgIpc) is 2.61. The maximum atomic E-state index is 12.0. The van der Waals surface area contributed by atoms with Gasteiger partial charge in [-0.2, -0.15) is 0 Å². The molecule has 120 valence electrons. The molecule has 6 heteroatoms. The van der Waals surface area contributed by atoms with Gasteiger partial charge in [-0.15, -0.1) is 0 Å². The minimum Gasteiger partial charge on any atom is -0.354 e. The van der Waals surface area contributed by atoms with Crippen molar-refractivity contribution < 1.29 is 4.79 Å². The van der Waals surface area contributed by atoms with Gasteiger partial charge in [-0.1, -0.05) is 6.07 Å². The third-order valence-electron chi connectivity index (χ3n) is 3.99. The van der Waals surface area contributed by atoms with Crippen LogP contribution < -0.4 is 10.2 Å². The fraction of sp³-hybridized carbons (Fsp3) is 0.353. The molecule has 1 saturated heterocycles. The molecular formula is C17H21N5O. The molecule has 0 aromatic carbocycles. The number of nitrogens with zero attached hydrogens (tertiary/aromatic N) is 4. The Morgan fingerprint density at radius 2 is 1.96 bits per heavy atom. The summed E-state index contributed by atoms with van der Waals surface area (Å²) in [6.07, 6.45) is 3.42. The van der Waals surface area contributed by atoms with Crippen LogP contribution in [0.4, 0.5) is 5.82 Å². The van der Waals surface area contributed by atoms with E-state index in [1.807, 2.05) is 12.1 Å². The molecular weight excluding hydrogens is 290 g/mol. The van der Waals surface area contributed by atoms with E-state index in [1.54, 1.807) is 30.6 Å². The Bertz CT molecular complexity index is 653. The van der Waals surface area contributed by atoms with Gasteiger partial charge in [0.05, 0.1) is 0 Å². The van der Waals surface area contributed by atoms with Crippen molar-refractivity contribution in [3.8, 4) is 0 Å². The summed E-state index contributed by atoms with van der Waals surface area (Å²) in [5.41, 5.74) is 1.47. The lowest BCUT2D eigenvalue weighted by atomic mass is 10.2. The molecule has 3 rings (SSSR count). The fourth-order valence-corrected chi connectivity index (χ4v) is 2.55. The number of amides is 1. The van der Waals surface area contributed by atoms with E-state index in [0.717, 1.165) is 37.6 Å². The molecule has 3 heterocycles. The van der Waals surface area contributed by atoms with Crippen molar-refractivity contribution in [2.45, 2.75) is 6.54 Å². The van der Waals surface area contributed by atoms with Crippen molar-refractivity contribution in [1.29, 1.82) is 0 Å². The molecule has 0 unspecified atom stereocenters. The Morgan fingerprint density at radius 1 is 1.13 bits per heavy atom. The fourth-order valence-electron chi connectivity index (χ4n) is 2.55. The van der Waals surface area contributed by atoms with Crippen LogP contribution in [-0.4, -0.2) is 54.0 Å². The topological polar surface area (TPSA) is 61.4 Å². The molecule has 1 aliphatic rings. The second kappa shape index (κ2) is 7.19. The van der Waals surface area contributed by atoms with Gasteiger partial charge < -0.3 is 15.1 Å². The number of hydrogen-bond donors (Lipinski definition) is 1. The Kier molecular flexibility index (Phi) is 4.83. The van der Waals surface area contributed by atoms with Gasteiger partial charge in [-0.05, 0) is 36.9 Å². The maximum Gasteiger partial charge on any atom is 0.270 e. The largest absolute Gasteiger partial charge is 0.354 e. The van der Waals surface area contributed by atoms with E-state index in [0.29, 0.717) is 12.2 Å². The number of anilines is 1. The molecule has 1 N–H and O–H groups in total. The second-order valence-electron chi connectivity index (χ2n) is 5.71. The first kappa shape index (κ1) is 15.4. The minimum absolute atomic E-state index is 0.163. The number of piperazine rings is 1. The van der Waals surface area contributed by atoms with Crippen molar-refractivity contribution in [3.05, 3.63) is 54.0 Å². The van der Waals surface area contributed by atoms with Crippen LogP contribution in [0.5, 0.6) is 0 Å². The lowest BCUT2D eigenvalue weighted by Gasteiger charge is -2.33. The standard InChI is InChI=1S/C17H21N5O/c1-21-8-10-22(11-9-21)16-12-14(5-7-19-16)13-20-17(23)15-4-2-3-6-18-15/h2-7,12H,8-11,13H2,1H3,(H,20,23). The summed E-state index contributed by atoms with van der Waals surface area (Å²) in [5.74, 6) is 0.811. The minimum atomic E-state index is -0.163. The van der Waals surface area contributed by atoms with Crippen molar-refractivity contribution in [3.63, 3.8) is 0 Å². The number of carbonyl (C=O) groups excluding carboxylic acids is 1. The molecule has 0 radical (unpaired) electrons. The summed E-state index contributed by atoms with van der Waals surface area (Å²) in [7, 11) is 2.13. The number of carbonyl (C=O) groups is 1. The first-order valence-corrected chi connectivity index (χ1v) is 7.80. The van der Waals surface area contributed by atoms with Gasteiger partial charge in [-0.25, -0.2) is 4.98 Å². The van der Waals surface area contributed by atoms with E-state index in [9.17, 15) is 4.79 Å². The highest BCUT2D eigenvalue weighted by molar-refractivity contribution is 5.92. The number of pyridine rings is 2. The van der Waals surface area contributed by atoms with Crippen molar-refractivity contribution in [1.82, 2.24) is 20.2 Å². The van der Waals surface area contributed by atoms with Gasteiger partial charge in [0.2, 0.25) is 0 Å². The summed E-state index contributed by atoms with van der Waals surface area (Å²) >= 11 is 0. The predicted octanol–water partition coefficient (Wildman–Crippen LogP) is 1.16. The summed E-state index contributed by atoms with van der Waals surface area (Å²) in [6, 6.07) is 9.28. The van der Waals surface area contributed by atoms with Crippen LogP contribution in [0.1, 0.15) is 16.1 Å². The smallest absolute Gasteiger partial charge is 0.270 e. The number of nitrogens with one attached hydrogen (secondary N) is 1. The Labute approximate surface area is 136 Å². The molecule has 6 nitrogen and oxygen atoms in total. The zero-order valence-electron chi connectivity index (χ0n) is 13.3. The van der Waals surface area contributed by atoms with Gasteiger partial charge in [-0.3, -0.25) is 9.78 Å². The van der Waals surface area contributed by atoms with Crippen molar-refractivity contribution >= 4 is 11.7 Å². The third kappa shape index (κ3) is 4.04. The van der Waals surface area contributed by atoms with Gasteiger partial charge in [0.25, 0.3) is 5.91 Å². The van der Waals surface area contributed by atoms with Gasteiger partial charge in [0, 0.05) is 45.1 Å². The lowest BCUT2D eigenvalue weighted by Crippen LogP contribution is -2.44. The molecule has 1 fully saturated rings. The van der Waals surface area contributed by atoms with Crippen LogP contribution in [0, 0.1) is 0 Å². The molecule has 0 atom stereocenters. The molecule has 1 aliphatic heterocycles. The van der Waals surface area contributed by atoms with Crippen LogP contribution in [0.25, 0.3) is 0 Å². The number of aromatic nitrogens is 2. The molecule has 0 bridgehead atoms. The summed E-state index contributed by atoms with van der Waals surface area (Å²) in [6.45, 7) is 4.52. The lowest BCUT2D eigenvalue weighted by molar-refractivity contribution is 0.0946. The predicted molar refractivity (Wildman–Crippen MR) is 89.4 cm³/mol. The van der Waals surface area contributed by atoms with Gasteiger partial charge in [0.1, 0.15) is 11.5 Å². The van der Waals surface area contributed by atoms with Crippen LogP contribution in [0.2, 0.25) is 0 Å².